The van der Waals surface area contributed by atoms with E-state index in [1.54, 1.807) is 6.92 Å². The Morgan fingerprint density at radius 1 is 0.774 bits per heavy atom. The van der Waals surface area contributed by atoms with E-state index < -0.39 is 0 Å². The molecule has 0 unspecified atom stereocenters. The molecule has 31 heavy (non-hydrogen) atoms. The SMILES string of the molecule is CC.CC.CC.CC.CC(=O)Cc1nn(Cc2ccccc2)c(-c2ccccc2)c1C. The smallest absolute Gasteiger partial charge is 0.135 e. The predicted octanol–water partition coefficient (Wildman–Crippen LogP) is 8.14. The number of hydrogen-bond donors (Lipinski definition) is 0. The third-order valence-corrected chi connectivity index (χ3v) is 3.93. The Labute approximate surface area is 191 Å². The van der Waals surface area contributed by atoms with E-state index >= 15 is 0 Å². The molecule has 0 atom stereocenters. The number of Topliss-reactive ketones (excluding diaryl/α,β-unsaturated/α-hetero) is 1. The van der Waals surface area contributed by atoms with E-state index in [1.807, 2.05) is 96.5 Å². The van der Waals surface area contributed by atoms with Crippen molar-refractivity contribution in [3.8, 4) is 11.3 Å². The number of nitrogens with zero attached hydrogens (tertiary/aromatic N) is 2. The van der Waals surface area contributed by atoms with Crippen molar-refractivity contribution in [3.05, 3.63) is 77.5 Å². The van der Waals surface area contributed by atoms with Crippen LogP contribution in [0.25, 0.3) is 11.3 Å². The predicted molar refractivity (Wildman–Crippen MR) is 138 cm³/mol. The van der Waals surface area contributed by atoms with Crippen molar-refractivity contribution in [1.82, 2.24) is 9.78 Å². The molecule has 0 aliphatic carbocycles. The molecule has 0 amide bonds. The number of carbonyl (C=O) groups is 1. The summed E-state index contributed by atoms with van der Waals surface area (Å²) in [5, 5.41) is 4.72. The van der Waals surface area contributed by atoms with Gasteiger partial charge in [-0.2, -0.15) is 5.10 Å². The van der Waals surface area contributed by atoms with Crippen LogP contribution in [0, 0.1) is 6.92 Å². The van der Waals surface area contributed by atoms with Crippen LogP contribution in [0.3, 0.4) is 0 Å². The Morgan fingerprint density at radius 3 is 1.68 bits per heavy atom. The molecule has 172 valence electrons. The van der Waals surface area contributed by atoms with Crippen LogP contribution in [0.15, 0.2) is 60.7 Å². The molecule has 0 saturated carbocycles. The first-order valence-corrected chi connectivity index (χ1v) is 11.8. The van der Waals surface area contributed by atoms with Gasteiger partial charge in [0.2, 0.25) is 0 Å². The summed E-state index contributed by atoms with van der Waals surface area (Å²) in [4.78, 5) is 11.5. The van der Waals surface area contributed by atoms with E-state index in [-0.39, 0.29) is 5.78 Å². The van der Waals surface area contributed by atoms with Crippen LogP contribution >= 0.6 is 0 Å². The fourth-order valence-electron chi connectivity index (χ4n) is 2.84. The van der Waals surface area contributed by atoms with Gasteiger partial charge in [-0.25, -0.2) is 0 Å². The number of rotatable bonds is 5. The van der Waals surface area contributed by atoms with Gasteiger partial charge in [0.1, 0.15) is 5.78 Å². The Hall–Kier alpha value is -2.68. The van der Waals surface area contributed by atoms with Crippen molar-refractivity contribution < 1.29 is 4.79 Å². The Kier molecular flexibility index (Phi) is 19.0. The van der Waals surface area contributed by atoms with Gasteiger partial charge in [-0.05, 0) is 25.0 Å². The quantitative estimate of drug-likeness (QED) is 0.414. The lowest BCUT2D eigenvalue weighted by atomic mass is 10.0. The van der Waals surface area contributed by atoms with E-state index in [9.17, 15) is 4.79 Å². The largest absolute Gasteiger partial charge is 0.300 e. The van der Waals surface area contributed by atoms with Crippen LogP contribution < -0.4 is 0 Å². The minimum Gasteiger partial charge on any atom is -0.300 e. The van der Waals surface area contributed by atoms with Gasteiger partial charge in [0.05, 0.1) is 24.4 Å². The minimum atomic E-state index is 0.136. The summed E-state index contributed by atoms with van der Waals surface area (Å²) in [7, 11) is 0. The standard InChI is InChI=1S/C20H20N2O.4C2H6/c1-15(23)13-19-16(2)20(18-11-7-4-8-12-18)22(21-19)14-17-9-5-3-6-10-17;4*1-2/h3-12H,13-14H2,1-2H3;4*1-2H3. The summed E-state index contributed by atoms with van der Waals surface area (Å²) in [6.45, 7) is 20.4. The number of carbonyl (C=O) groups excluding carboxylic acids is 1. The topological polar surface area (TPSA) is 34.9 Å². The third kappa shape index (κ3) is 10.3. The van der Waals surface area contributed by atoms with Crippen molar-refractivity contribution >= 4 is 5.78 Å². The second kappa shape index (κ2) is 19.3. The number of aromatic nitrogens is 2. The maximum Gasteiger partial charge on any atom is 0.135 e. The summed E-state index contributed by atoms with van der Waals surface area (Å²) in [5.74, 6) is 0.136. The van der Waals surface area contributed by atoms with Crippen molar-refractivity contribution in [2.24, 2.45) is 0 Å². The molecular weight excluding hydrogens is 380 g/mol. The lowest BCUT2D eigenvalue weighted by Gasteiger charge is -2.09. The first-order valence-electron chi connectivity index (χ1n) is 11.8. The third-order valence-electron chi connectivity index (χ3n) is 3.93. The van der Waals surface area contributed by atoms with Crippen LogP contribution in [0.5, 0.6) is 0 Å². The molecule has 0 aliphatic heterocycles. The van der Waals surface area contributed by atoms with Gasteiger partial charge in [-0.3, -0.25) is 9.48 Å². The van der Waals surface area contributed by atoms with Gasteiger partial charge in [0.15, 0.2) is 0 Å². The van der Waals surface area contributed by atoms with E-state index in [2.05, 4.69) is 31.2 Å². The maximum atomic E-state index is 11.5. The fraction of sp³-hybridized carbons (Fsp3) is 0.429. The first-order chi connectivity index (χ1) is 15.1. The monoisotopic (exact) mass is 424 g/mol. The summed E-state index contributed by atoms with van der Waals surface area (Å²) in [6.07, 6.45) is 0.382. The summed E-state index contributed by atoms with van der Waals surface area (Å²) < 4.78 is 2.01. The summed E-state index contributed by atoms with van der Waals surface area (Å²) in [6, 6.07) is 20.5. The molecule has 0 aliphatic rings. The molecule has 3 rings (SSSR count). The molecule has 1 heterocycles. The van der Waals surface area contributed by atoms with E-state index in [0.717, 1.165) is 22.5 Å². The molecular formula is C28H44N2O. The number of hydrogen-bond acceptors (Lipinski definition) is 2. The number of benzene rings is 2. The molecule has 3 aromatic rings. The zero-order valence-electron chi connectivity index (χ0n) is 21.5. The zero-order chi connectivity index (χ0) is 24.2. The zero-order valence-corrected chi connectivity index (χ0v) is 21.5. The maximum absolute atomic E-state index is 11.5. The second-order valence-electron chi connectivity index (χ2n) is 5.81. The fourth-order valence-corrected chi connectivity index (χ4v) is 2.84. The number of ketones is 1. The molecule has 0 saturated heterocycles. The van der Waals surface area contributed by atoms with Gasteiger partial charge in [-0.15, -0.1) is 0 Å². The molecule has 0 bridgehead atoms. The summed E-state index contributed by atoms with van der Waals surface area (Å²) >= 11 is 0. The van der Waals surface area contributed by atoms with E-state index in [1.165, 1.54) is 5.56 Å². The molecule has 3 heteroatoms. The van der Waals surface area contributed by atoms with Crippen LogP contribution in [-0.2, 0) is 17.8 Å². The average Bonchev–Trinajstić information content (AvgIpc) is 3.14. The van der Waals surface area contributed by atoms with E-state index in [4.69, 9.17) is 5.10 Å². The highest BCUT2D eigenvalue weighted by Crippen LogP contribution is 2.27. The molecule has 0 radical (unpaired) electrons. The van der Waals surface area contributed by atoms with Crippen LogP contribution in [0.1, 0.15) is 79.1 Å². The molecule has 1 aromatic heterocycles. The van der Waals surface area contributed by atoms with Gasteiger partial charge in [-0.1, -0.05) is 116 Å². The molecule has 0 fully saturated rings. The molecule has 2 aromatic carbocycles. The Balaban J connectivity index is 0. The molecule has 0 N–H and O–H groups in total. The van der Waals surface area contributed by atoms with Crippen molar-refractivity contribution in [2.45, 2.75) is 82.2 Å². The van der Waals surface area contributed by atoms with Crippen molar-refractivity contribution in [3.63, 3.8) is 0 Å². The average molecular weight is 425 g/mol. The highest BCUT2D eigenvalue weighted by atomic mass is 16.1. The lowest BCUT2D eigenvalue weighted by molar-refractivity contribution is -0.116. The van der Waals surface area contributed by atoms with Crippen LogP contribution in [0.2, 0.25) is 0 Å². The molecule has 0 spiro atoms. The van der Waals surface area contributed by atoms with E-state index in [0.29, 0.717) is 13.0 Å². The molecule has 3 nitrogen and oxygen atoms in total. The summed E-state index contributed by atoms with van der Waals surface area (Å²) in [5.41, 5.74) is 5.37. The minimum absolute atomic E-state index is 0.136. The highest BCUT2D eigenvalue weighted by molar-refractivity contribution is 5.79. The lowest BCUT2D eigenvalue weighted by Crippen LogP contribution is -2.05. The normalized spacial score (nSPS) is 8.71. The van der Waals surface area contributed by atoms with Gasteiger partial charge in [0, 0.05) is 5.56 Å². The van der Waals surface area contributed by atoms with Gasteiger partial charge in [0.25, 0.3) is 0 Å². The van der Waals surface area contributed by atoms with Crippen LogP contribution in [-0.4, -0.2) is 15.6 Å². The first kappa shape index (κ1) is 30.5. The Morgan fingerprint density at radius 2 is 1.23 bits per heavy atom. The van der Waals surface area contributed by atoms with Gasteiger partial charge < -0.3 is 0 Å². The second-order valence-corrected chi connectivity index (χ2v) is 5.81. The van der Waals surface area contributed by atoms with Gasteiger partial charge >= 0.3 is 0 Å². The van der Waals surface area contributed by atoms with Crippen molar-refractivity contribution in [2.75, 3.05) is 0 Å². The van der Waals surface area contributed by atoms with Crippen molar-refractivity contribution in [1.29, 1.82) is 0 Å². The Bertz CT molecular complexity index is 806. The highest BCUT2D eigenvalue weighted by Gasteiger charge is 2.17. The van der Waals surface area contributed by atoms with Crippen LogP contribution in [0.4, 0.5) is 0 Å².